The first kappa shape index (κ1) is 13.8. The molecule has 1 aromatic heterocycles. The van der Waals surface area contributed by atoms with Crippen molar-refractivity contribution in [3.63, 3.8) is 0 Å². The number of rotatable bonds is 3. The number of fused-ring (bicyclic) bond motifs is 1. The molecule has 2 N–H and O–H groups in total. The number of nitrogen functional groups attached to an aromatic ring is 1. The first-order valence-electron chi connectivity index (χ1n) is 6.02. The molecule has 0 unspecified atom stereocenters. The third-order valence-electron chi connectivity index (χ3n) is 2.83. The molecule has 0 saturated heterocycles. The molecule has 2 aromatic rings. The zero-order valence-electron chi connectivity index (χ0n) is 11.2. The minimum atomic E-state index is -0.517. The lowest BCUT2D eigenvalue weighted by atomic mass is 10.1. The minimum Gasteiger partial charge on any atom is -0.465 e. The number of methoxy groups -OCH3 is 1. The van der Waals surface area contributed by atoms with Crippen molar-refractivity contribution in [3.8, 4) is 0 Å². The molecule has 2 rings (SSSR count). The van der Waals surface area contributed by atoms with Crippen LogP contribution in [0.15, 0.2) is 24.4 Å². The fourth-order valence-electron chi connectivity index (χ4n) is 1.83. The Kier molecular flexibility index (Phi) is 3.84. The highest BCUT2D eigenvalue weighted by Crippen LogP contribution is 2.24. The Morgan fingerprint density at radius 2 is 2.05 bits per heavy atom. The summed E-state index contributed by atoms with van der Waals surface area (Å²) in [7, 11) is 1.30. The monoisotopic (exact) mass is 274 g/mol. The van der Waals surface area contributed by atoms with E-state index < -0.39 is 11.9 Å². The van der Waals surface area contributed by atoms with Gasteiger partial charge in [0.1, 0.15) is 5.56 Å². The van der Waals surface area contributed by atoms with Gasteiger partial charge in [-0.05, 0) is 25.1 Å². The SMILES string of the molecule is CCOC(=O)c1cnc2cc(C(=O)OC)ccc2c1N. The summed E-state index contributed by atoms with van der Waals surface area (Å²) in [4.78, 5) is 27.3. The zero-order chi connectivity index (χ0) is 14.7. The Morgan fingerprint density at radius 1 is 1.30 bits per heavy atom. The van der Waals surface area contributed by atoms with Crippen LogP contribution in [-0.4, -0.2) is 30.6 Å². The van der Waals surface area contributed by atoms with Crippen LogP contribution in [0.2, 0.25) is 0 Å². The number of esters is 2. The molecule has 0 aliphatic rings. The van der Waals surface area contributed by atoms with Crippen LogP contribution in [0.25, 0.3) is 10.9 Å². The molecular formula is C14H14N2O4. The highest BCUT2D eigenvalue weighted by atomic mass is 16.5. The topological polar surface area (TPSA) is 91.5 Å². The van der Waals surface area contributed by atoms with E-state index in [0.29, 0.717) is 16.5 Å². The van der Waals surface area contributed by atoms with E-state index in [1.54, 1.807) is 25.1 Å². The lowest BCUT2D eigenvalue weighted by Crippen LogP contribution is -2.09. The van der Waals surface area contributed by atoms with Crippen molar-refractivity contribution in [1.29, 1.82) is 0 Å². The number of hydrogen-bond donors (Lipinski definition) is 1. The summed E-state index contributed by atoms with van der Waals surface area (Å²) in [5.41, 5.74) is 7.33. The normalized spacial score (nSPS) is 10.3. The van der Waals surface area contributed by atoms with Crippen LogP contribution >= 0.6 is 0 Å². The van der Waals surface area contributed by atoms with Crippen LogP contribution in [0.5, 0.6) is 0 Å². The number of hydrogen-bond acceptors (Lipinski definition) is 6. The second-order valence-corrected chi connectivity index (χ2v) is 4.03. The Morgan fingerprint density at radius 3 is 2.70 bits per heavy atom. The molecule has 6 heteroatoms. The third kappa shape index (κ3) is 2.40. The van der Waals surface area contributed by atoms with Crippen LogP contribution in [0.3, 0.4) is 0 Å². The van der Waals surface area contributed by atoms with Gasteiger partial charge in [-0.25, -0.2) is 9.59 Å². The summed E-state index contributed by atoms with van der Waals surface area (Å²) in [5.74, 6) is -0.974. The van der Waals surface area contributed by atoms with Crippen molar-refractivity contribution < 1.29 is 19.1 Å². The number of benzene rings is 1. The second-order valence-electron chi connectivity index (χ2n) is 4.03. The molecule has 1 aromatic carbocycles. The molecule has 0 aliphatic carbocycles. The Bertz CT molecular complexity index is 682. The van der Waals surface area contributed by atoms with Gasteiger partial charge in [0.2, 0.25) is 0 Å². The van der Waals surface area contributed by atoms with Crippen LogP contribution in [0, 0.1) is 0 Å². The van der Waals surface area contributed by atoms with E-state index in [1.165, 1.54) is 13.3 Å². The number of nitrogens with two attached hydrogens (primary N) is 1. The molecule has 0 bridgehead atoms. The van der Waals surface area contributed by atoms with Gasteiger partial charge in [-0.3, -0.25) is 4.98 Å². The van der Waals surface area contributed by atoms with Gasteiger partial charge in [0.25, 0.3) is 0 Å². The number of pyridine rings is 1. The zero-order valence-corrected chi connectivity index (χ0v) is 11.2. The van der Waals surface area contributed by atoms with Crippen LogP contribution in [0.4, 0.5) is 5.69 Å². The number of anilines is 1. The van der Waals surface area contributed by atoms with E-state index in [0.717, 1.165) is 0 Å². The number of carbonyl (C=O) groups excluding carboxylic acids is 2. The van der Waals surface area contributed by atoms with Gasteiger partial charge in [-0.2, -0.15) is 0 Å². The second kappa shape index (κ2) is 5.56. The molecule has 0 fully saturated rings. The number of nitrogens with zero attached hydrogens (tertiary/aromatic N) is 1. The molecule has 1 heterocycles. The summed E-state index contributed by atoms with van der Waals surface area (Å²) in [6, 6.07) is 4.76. The molecule has 6 nitrogen and oxygen atoms in total. The number of carbonyl (C=O) groups is 2. The van der Waals surface area contributed by atoms with E-state index in [4.69, 9.17) is 10.5 Å². The standard InChI is InChI=1S/C14H14N2O4/c1-3-20-14(18)10-7-16-11-6-8(13(17)19-2)4-5-9(11)12(10)15/h4-7H,3H2,1-2H3,(H2,15,16). The maximum Gasteiger partial charge on any atom is 0.341 e. The Hall–Kier alpha value is -2.63. The van der Waals surface area contributed by atoms with Gasteiger partial charge < -0.3 is 15.2 Å². The van der Waals surface area contributed by atoms with E-state index in [9.17, 15) is 9.59 Å². The molecule has 0 radical (unpaired) electrons. The Balaban J connectivity index is 2.52. The van der Waals surface area contributed by atoms with Crippen molar-refractivity contribution in [2.45, 2.75) is 6.92 Å². The lowest BCUT2D eigenvalue weighted by molar-refractivity contribution is 0.0526. The molecule has 0 spiro atoms. The van der Waals surface area contributed by atoms with Gasteiger partial charge in [-0.15, -0.1) is 0 Å². The van der Waals surface area contributed by atoms with Crippen molar-refractivity contribution >= 4 is 28.5 Å². The van der Waals surface area contributed by atoms with Gasteiger partial charge in [0, 0.05) is 11.6 Å². The molecular weight excluding hydrogens is 260 g/mol. The number of aromatic nitrogens is 1. The highest BCUT2D eigenvalue weighted by Gasteiger charge is 2.15. The number of ether oxygens (including phenoxy) is 2. The molecule has 104 valence electrons. The summed E-state index contributed by atoms with van der Waals surface area (Å²) >= 11 is 0. The van der Waals surface area contributed by atoms with Crippen molar-refractivity contribution in [3.05, 3.63) is 35.5 Å². The van der Waals surface area contributed by atoms with Gasteiger partial charge in [0.05, 0.1) is 30.5 Å². The third-order valence-corrected chi connectivity index (χ3v) is 2.83. The summed E-state index contributed by atoms with van der Waals surface area (Å²) in [6.45, 7) is 1.97. The van der Waals surface area contributed by atoms with Gasteiger partial charge in [-0.1, -0.05) is 0 Å². The van der Waals surface area contributed by atoms with Crippen molar-refractivity contribution in [2.24, 2.45) is 0 Å². The average molecular weight is 274 g/mol. The molecule has 20 heavy (non-hydrogen) atoms. The summed E-state index contributed by atoms with van der Waals surface area (Å²) in [6.07, 6.45) is 1.34. The largest absolute Gasteiger partial charge is 0.465 e. The minimum absolute atomic E-state index is 0.213. The van der Waals surface area contributed by atoms with Crippen LogP contribution in [-0.2, 0) is 9.47 Å². The average Bonchev–Trinajstić information content (AvgIpc) is 2.46. The Labute approximate surface area is 115 Å². The molecule has 0 aliphatic heterocycles. The highest BCUT2D eigenvalue weighted by molar-refractivity contribution is 6.05. The first-order valence-corrected chi connectivity index (χ1v) is 6.02. The van der Waals surface area contributed by atoms with E-state index in [1.807, 2.05) is 0 Å². The maximum atomic E-state index is 11.7. The quantitative estimate of drug-likeness (QED) is 0.858. The predicted octanol–water partition coefficient (Wildman–Crippen LogP) is 1.78. The smallest absolute Gasteiger partial charge is 0.341 e. The van der Waals surface area contributed by atoms with Crippen LogP contribution in [0.1, 0.15) is 27.6 Å². The predicted molar refractivity (Wildman–Crippen MR) is 73.5 cm³/mol. The van der Waals surface area contributed by atoms with E-state index in [-0.39, 0.29) is 17.9 Å². The van der Waals surface area contributed by atoms with Gasteiger partial charge >= 0.3 is 11.9 Å². The summed E-state index contributed by atoms with van der Waals surface area (Å²) < 4.78 is 9.54. The van der Waals surface area contributed by atoms with Crippen molar-refractivity contribution in [1.82, 2.24) is 4.98 Å². The molecule has 0 saturated carbocycles. The molecule has 0 amide bonds. The van der Waals surface area contributed by atoms with E-state index >= 15 is 0 Å². The fraction of sp³-hybridized carbons (Fsp3) is 0.214. The maximum absolute atomic E-state index is 11.7. The van der Waals surface area contributed by atoms with Gasteiger partial charge in [0.15, 0.2) is 0 Å². The van der Waals surface area contributed by atoms with Crippen LogP contribution < -0.4 is 5.73 Å². The molecule has 0 atom stereocenters. The summed E-state index contributed by atoms with van der Waals surface area (Å²) in [5, 5.41) is 0.586. The van der Waals surface area contributed by atoms with E-state index in [2.05, 4.69) is 9.72 Å². The first-order chi connectivity index (χ1) is 9.58. The lowest BCUT2D eigenvalue weighted by Gasteiger charge is -2.08. The fourth-order valence-corrected chi connectivity index (χ4v) is 1.83. The van der Waals surface area contributed by atoms with Crippen molar-refractivity contribution in [2.75, 3.05) is 19.5 Å².